The zero-order chi connectivity index (χ0) is 15.3. The van der Waals surface area contributed by atoms with Crippen LogP contribution in [0.4, 0.5) is 0 Å². The molecule has 0 aliphatic heterocycles. The topological polar surface area (TPSA) is 63.4 Å². The summed E-state index contributed by atoms with van der Waals surface area (Å²) in [5.41, 5.74) is 7.22. The van der Waals surface area contributed by atoms with Gasteiger partial charge in [-0.05, 0) is 31.2 Å². The van der Waals surface area contributed by atoms with Gasteiger partial charge in [-0.15, -0.1) is 0 Å². The Labute approximate surface area is 126 Å². The van der Waals surface area contributed by atoms with Crippen molar-refractivity contribution in [2.24, 2.45) is 5.73 Å². The highest BCUT2D eigenvalue weighted by molar-refractivity contribution is 7.90. The molecule has 2 N–H and O–H groups in total. The van der Waals surface area contributed by atoms with E-state index in [2.05, 4.69) is 0 Å². The van der Waals surface area contributed by atoms with E-state index in [1.807, 2.05) is 43.1 Å². The van der Waals surface area contributed by atoms with Crippen molar-refractivity contribution in [1.82, 2.24) is 4.90 Å². The van der Waals surface area contributed by atoms with Crippen LogP contribution in [0.1, 0.15) is 24.9 Å². The summed E-state index contributed by atoms with van der Waals surface area (Å²) in [5.74, 6) is 0.122. The predicted octanol–water partition coefficient (Wildman–Crippen LogP) is 2.09. The van der Waals surface area contributed by atoms with Gasteiger partial charge in [0.25, 0.3) is 0 Å². The van der Waals surface area contributed by atoms with E-state index < -0.39 is 9.84 Å². The highest BCUT2D eigenvalue weighted by Gasteiger charge is 2.23. The number of benzene rings is 1. The Morgan fingerprint density at radius 2 is 2.05 bits per heavy atom. The molecule has 0 saturated carbocycles. The summed E-state index contributed by atoms with van der Waals surface area (Å²) in [5, 5.41) is 0.660. The molecule has 20 heavy (non-hydrogen) atoms. The van der Waals surface area contributed by atoms with Crippen LogP contribution < -0.4 is 5.73 Å². The maximum atomic E-state index is 11.3. The monoisotopic (exact) mass is 318 g/mol. The van der Waals surface area contributed by atoms with Crippen molar-refractivity contribution in [2.75, 3.05) is 25.6 Å². The number of halogens is 1. The van der Waals surface area contributed by atoms with Crippen LogP contribution in [0.5, 0.6) is 0 Å². The van der Waals surface area contributed by atoms with Gasteiger partial charge in [0.1, 0.15) is 9.84 Å². The highest BCUT2D eigenvalue weighted by Crippen LogP contribution is 2.26. The molecule has 0 bridgehead atoms. The van der Waals surface area contributed by atoms with Crippen LogP contribution in [0.3, 0.4) is 0 Å². The number of sulfone groups is 1. The van der Waals surface area contributed by atoms with Gasteiger partial charge in [0.15, 0.2) is 0 Å². The molecular weight excluding hydrogens is 296 g/mol. The van der Waals surface area contributed by atoms with Gasteiger partial charge in [-0.1, -0.05) is 30.7 Å². The molecule has 0 radical (unpaired) electrons. The van der Waals surface area contributed by atoms with E-state index in [4.69, 9.17) is 17.3 Å². The summed E-state index contributed by atoms with van der Waals surface area (Å²) in [7, 11) is -1.09. The fourth-order valence-corrected chi connectivity index (χ4v) is 3.01. The van der Waals surface area contributed by atoms with E-state index in [1.165, 1.54) is 6.26 Å². The normalized spacial score (nSPS) is 15.3. The summed E-state index contributed by atoms with van der Waals surface area (Å²) < 4.78 is 22.6. The molecule has 6 heteroatoms. The van der Waals surface area contributed by atoms with Gasteiger partial charge in [-0.25, -0.2) is 8.42 Å². The van der Waals surface area contributed by atoms with Crippen molar-refractivity contribution in [3.05, 3.63) is 34.9 Å². The molecule has 0 amide bonds. The van der Waals surface area contributed by atoms with Gasteiger partial charge in [-0.3, -0.25) is 4.90 Å². The second-order valence-electron chi connectivity index (χ2n) is 5.18. The lowest BCUT2D eigenvalue weighted by atomic mass is 9.97. The van der Waals surface area contributed by atoms with Crippen molar-refractivity contribution in [3.63, 3.8) is 0 Å². The van der Waals surface area contributed by atoms with Crippen LogP contribution in [0.15, 0.2) is 24.3 Å². The molecule has 0 heterocycles. The minimum Gasteiger partial charge on any atom is -0.326 e. The van der Waals surface area contributed by atoms with Gasteiger partial charge >= 0.3 is 0 Å². The van der Waals surface area contributed by atoms with Gasteiger partial charge in [-0.2, -0.15) is 0 Å². The van der Waals surface area contributed by atoms with Gasteiger partial charge < -0.3 is 5.73 Å². The van der Waals surface area contributed by atoms with Crippen LogP contribution in [-0.4, -0.2) is 45.0 Å². The number of nitrogens with two attached hydrogens (primary N) is 1. The van der Waals surface area contributed by atoms with Crippen molar-refractivity contribution in [1.29, 1.82) is 0 Å². The number of rotatable bonds is 7. The molecule has 0 spiro atoms. The summed E-state index contributed by atoms with van der Waals surface area (Å²) in [6.45, 7) is 2.47. The fraction of sp³-hybridized carbons (Fsp3) is 0.571. The molecule has 0 aliphatic carbocycles. The lowest BCUT2D eigenvalue weighted by Gasteiger charge is -2.32. The average Bonchev–Trinajstić information content (AvgIpc) is 2.35. The Kier molecular flexibility index (Phi) is 6.45. The lowest BCUT2D eigenvalue weighted by Crippen LogP contribution is -2.40. The van der Waals surface area contributed by atoms with Crippen LogP contribution >= 0.6 is 11.6 Å². The van der Waals surface area contributed by atoms with Gasteiger partial charge in [0.2, 0.25) is 0 Å². The number of hydrogen-bond acceptors (Lipinski definition) is 4. The first kappa shape index (κ1) is 17.4. The summed E-state index contributed by atoms with van der Waals surface area (Å²) in [6.07, 6.45) is 2.05. The maximum Gasteiger partial charge on any atom is 0.148 e. The second-order valence-corrected chi connectivity index (χ2v) is 7.88. The molecule has 2 unspecified atom stereocenters. The Morgan fingerprint density at radius 1 is 1.40 bits per heavy atom. The smallest absolute Gasteiger partial charge is 0.148 e. The van der Waals surface area contributed by atoms with E-state index in [9.17, 15) is 8.42 Å². The van der Waals surface area contributed by atoms with E-state index in [1.54, 1.807) is 0 Å². The van der Waals surface area contributed by atoms with E-state index in [0.29, 0.717) is 11.6 Å². The molecule has 1 rings (SSSR count). The van der Waals surface area contributed by atoms with Crippen molar-refractivity contribution in [2.45, 2.75) is 25.4 Å². The molecule has 0 aromatic heterocycles. The molecular formula is C14H23ClN2O2S. The highest BCUT2D eigenvalue weighted by atomic mass is 35.5. The Bertz CT molecular complexity index is 534. The van der Waals surface area contributed by atoms with E-state index in [-0.39, 0.29) is 17.8 Å². The summed E-state index contributed by atoms with van der Waals surface area (Å²) >= 11 is 6.04. The Hall–Kier alpha value is -0.620. The molecule has 0 fully saturated rings. The van der Waals surface area contributed by atoms with E-state index >= 15 is 0 Å². The Balaban J connectivity index is 2.95. The second kappa shape index (κ2) is 7.41. The first-order valence-electron chi connectivity index (χ1n) is 6.63. The third-order valence-electron chi connectivity index (χ3n) is 3.36. The van der Waals surface area contributed by atoms with Crippen LogP contribution in [-0.2, 0) is 9.84 Å². The minimum atomic E-state index is -2.98. The molecule has 1 aromatic rings. The van der Waals surface area contributed by atoms with Crippen molar-refractivity contribution < 1.29 is 8.42 Å². The SMILES string of the molecule is CCC(N)C(c1cccc(Cl)c1)N(C)CCS(C)(=O)=O. The minimum absolute atomic E-state index is 0.0413. The number of nitrogens with zero attached hydrogens (tertiary/aromatic N) is 1. The zero-order valence-electron chi connectivity index (χ0n) is 12.2. The van der Waals surface area contributed by atoms with Crippen LogP contribution in [0, 0.1) is 0 Å². The fourth-order valence-electron chi connectivity index (χ4n) is 2.19. The number of likely N-dealkylation sites (N-methyl/N-ethyl adjacent to an activating group) is 1. The van der Waals surface area contributed by atoms with Crippen LogP contribution in [0.2, 0.25) is 5.02 Å². The number of hydrogen-bond donors (Lipinski definition) is 1. The van der Waals surface area contributed by atoms with Crippen molar-refractivity contribution in [3.8, 4) is 0 Å². The first-order valence-corrected chi connectivity index (χ1v) is 9.07. The average molecular weight is 319 g/mol. The third-order valence-corrected chi connectivity index (χ3v) is 4.52. The molecule has 4 nitrogen and oxygen atoms in total. The molecule has 1 aromatic carbocycles. The van der Waals surface area contributed by atoms with Gasteiger partial charge in [0.05, 0.1) is 5.75 Å². The molecule has 0 aliphatic rings. The van der Waals surface area contributed by atoms with Gasteiger partial charge in [0, 0.05) is 29.9 Å². The largest absolute Gasteiger partial charge is 0.326 e. The predicted molar refractivity (Wildman–Crippen MR) is 84.8 cm³/mol. The molecule has 114 valence electrons. The first-order chi connectivity index (χ1) is 9.24. The van der Waals surface area contributed by atoms with E-state index in [0.717, 1.165) is 12.0 Å². The summed E-state index contributed by atoms with van der Waals surface area (Å²) in [6, 6.07) is 7.45. The molecule has 0 saturated heterocycles. The third kappa shape index (κ3) is 5.40. The molecule has 2 atom stereocenters. The summed E-state index contributed by atoms with van der Waals surface area (Å²) in [4.78, 5) is 1.99. The zero-order valence-corrected chi connectivity index (χ0v) is 13.8. The van der Waals surface area contributed by atoms with Crippen LogP contribution in [0.25, 0.3) is 0 Å². The lowest BCUT2D eigenvalue weighted by molar-refractivity contribution is 0.220. The Morgan fingerprint density at radius 3 is 2.55 bits per heavy atom. The maximum absolute atomic E-state index is 11.3. The quantitative estimate of drug-likeness (QED) is 0.836. The standard InChI is InChI=1S/C14H23ClN2O2S/c1-4-13(16)14(11-6-5-7-12(15)10-11)17(2)8-9-20(3,18)19/h5-7,10,13-14H,4,8-9,16H2,1-3H3. The van der Waals surface area contributed by atoms with Crippen molar-refractivity contribution >= 4 is 21.4 Å².